The van der Waals surface area contributed by atoms with Crippen molar-refractivity contribution in [3.05, 3.63) is 23.5 Å². The molecule has 2 aromatic heterocycles. The molecule has 0 aliphatic carbocycles. The van der Waals surface area contributed by atoms with E-state index in [4.69, 9.17) is 4.84 Å². The summed E-state index contributed by atoms with van der Waals surface area (Å²) in [5, 5.41) is 6.33. The van der Waals surface area contributed by atoms with E-state index >= 15 is 0 Å². The van der Waals surface area contributed by atoms with Gasteiger partial charge in [0.15, 0.2) is 5.65 Å². The molecule has 0 saturated heterocycles. The number of carbonyl (C=O) groups excluding carboxylic acids is 1. The first-order valence-corrected chi connectivity index (χ1v) is 7.07. The summed E-state index contributed by atoms with van der Waals surface area (Å²) in [6, 6.07) is 2.01. The molecule has 0 atom stereocenters. The summed E-state index contributed by atoms with van der Waals surface area (Å²) in [6.45, 7) is 8.19. The van der Waals surface area contributed by atoms with Crippen LogP contribution in [0.4, 0.5) is 0 Å². The van der Waals surface area contributed by atoms with Crippen molar-refractivity contribution in [1.82, 2.24) is 19.8 Å². The number of fused-ring (bicyclic) bond motifs is 1. The minimum absolute atomic E-state index is 0.181. The van der Waals surface area contributed by atoms with E-state index in [1.807, 2.05) is 24.6 Å². The molecule has 2 aromatic rings. The number of carbonyl (C=O) groups is 1. The lowest BCUT2D eigenvalue weighted by Crippen LogP contribution is -2.26. The molecular formula is C15H22N4O2. The molecule has 0 N–H and O–H groups in total. The first-order chi connectivity index (χ1) is 9.86. The second-order valence-corrected chi connectivity index (χ2v) is 5.65. The SMILES string of the molecule is CON(C)C(=O)c1cc(C(C)C)nc2c1cnn2C(C)C. The molecule has 0 radical (unpaired) electrons. The highest BCUT2D eigenvalue weighted by molar-refractivity contribution is 6.05. The number of amides is 1. The molecule has 114 valence electrons. The third-order valence-corrected chi connectivity index (χ3v) is 3.46. The molecule has 1 amide bonds. The van der Waals surface area contributed by atoms with Crippen molar-refractivity contribution >= 4 is 16.9 Å². The van der Waals surface area contributed by atoms with Gasteiger partial charge < -0.3 is 0 Å². The molecule has 6 nitrogen and oxygen atoms in total. The van der Waals surface area contributed by atoms with E-state index in [0.29, 0.717) is 5.56 Å². The average molecular weight is 290 g/mol. The number of hydrogen-bond acceptors (Lipinski definition) is 4. The van der Waals surface area contributed by atoms with Gasteiger partial charge in [-0.15, -0.1) is 0 Å². The summed E-state index contributed by atoms with van der Waals surface area (Å²) < 4.78 is 1.84. The number of aromatic nitrogens is 3. The van der Waals surface area contributed by atoms with Crippen molar-refractivity contribution in [2.75, 3.05) is 14.2 Å². The van der Waals surface area contributed by atoms with Gasteiger partial charge in [0.05, 0.1) is 24.3 Å². The number of pyridine rings is 1. The molecule has 0 fully saturated rings. The lowest BCUT2D eigenvalue weighted by atomic mass is 10.0. The molecule has 0 spiro atoms. The van der Waals surface area contributed by atoms with Crippen LogP contribution < -0.4 is 0 Å². The highest BCUT2D eigenvalue weighted by atomic mass is 16.7. The van der Waals surface area contributed by atoms with Crippen molar-refractivity contribution in [1.29, 1.82) is 0 Å². The smallest absolute Gasteiger partial charge is 0.274 e. The number of rotatable bonds is 4. The molecule has 0 aromatic carbocycles. The lowest BCUT2D eigenvalue weighted by Gasteiger charge is -2.16. The van der Waals surface area contributed by atoms with Gasteiger partial charge in [0, 0.05) is 18.8 Å². The fourth-order valence-corrected chi connectivity index (χ4v) is 2.14. The molecule has 0 aliphatic rings. The summed E-state index contributed by atoms with van der Waals surface area (Å²) >= 11 is 0. The topological polar surface area (TPSA) is 60.2 Å². The van der Waals surface area contributed by atoms with E-state index < -0.39 is 0 Å². The fraction of sp³-hybridized carbons (Fsp3) is 0.533. The summed E-state index contributed by atoms with van der Waals surface area (Å²) in [5.41, 5.74) is 2.18. The molecule has 21 heavy (non-hydrogen) atoms. The summed E-state index contributed by atoms with van der Waals surface area (Å²) in [6.07, 6.45) is 1.70. The van der Waals surface area contributed by atoms with Gasteiger partial charge in [0.2, 0.25) is 0 Å². The summed E-state index contributed by atoms with van der Waals surface area (Å²) in [4.78, 5) is 22.2. The summed E-state index contributed by atoms with van der Waals surface area (Å²) in [7, 11) is 3.06. The van der Waals surface area contributed by atoms with Gasteiger partial charge in [-0.1, -0.05) is 13.8 Å². The highest BCUT2D eigenvalue weighted by Gasteiger charge is 2.21. The molecule has 0 aliphatic heterocycles. The quantitative estimate of drug-likeness (QED) is 0.812. The van der Waals surface area contributed by atoms with E-state index in [1.165, 1.54) is 12.2 Å². The van der Waals surface area contributed by atoms with Gasteiger partial charge in [-0.3, -0.25) is 9.63 Å². The largest absolute Gasteiger partial charge is 0.278 e. The van der Waals surface area contributed by atoms with Crippen LogP contribution in [0.3, 0.4) is 0 Å². The Morgan fingerprint density at radius 1 is 1.33 bits per heavy atom. The minimum atomic E-state index is -0.199. The van der Waals surface area contributed by atoms with Crippen LogP contribution in [0.25, 0.3) is 11.0 Å². The van der Waals surface area contributed by atoms with E-state index in [0.717, 1.165) is 16.7 Å². The van der Waals surface area contributed by atoms with Crippen LogP contribution >= 0.6 is 0 Å². The molecule has 0 bridgehead atoms. The van der Waals surface area contributed by atoms with E-state index in [2.05, 4.69) is 23.9 Å². The maximum Gasteiger partial charge on any atom is 0.278 e. The molecule has 0 saturated carbocycles. The van der Waals surface area contributed by atoms with Crippen molar-refractivity contribution < 1.29 is 9.63 Å². The number of hydrogen-bond donors (Lipinski definition) is 0. The van der Waals surface area contributed by atoms with Crippen LogP contribution in [0.15, 0.2) is 12.3 Å². The number of nitrogens with zero attached hydrogens (tertiary/aromatic N) is 4. The molecule has 0 unspecified atom stereocenters. The molecule has 6 heteroatoms. The standard InChI is InChI=1S/C15H22N4O2/c1-9(2)13-7-11(15(20)18(5)21-6)12-8-16-19(10(3)4)14(12)17-13/h7-10H,1-6H3. The predicted molar refractivity (Wildman–Crippen MR) is 81.1 cm³/mol. The zero-order valence-electron chi connectivity index (χ0n) is 13.4. The fourth-order valence-electron chi connectivity index (χ4n) is 2.14. The summed E-state index contributed by atoms with van der Waals surface area (Å²) in [5.74, 6) is 0.0272. The van der Waals surface area contributed by atoms with E-state index in [9.17, 15) is 4.79 Å². The lowest BCUT2D eigenvalue weighted by molar-refractivity contribution is -0.0755. The van der Waals surface area contributed by atoms with Gasteiger partial charge in [-0.05, 0) is 25.8 Å². The third-order valence-electron chi connectivity index (χ3n) is 3.46. The maximum absolute atomic E-state index is 12.5. The molecule has 2 rings (SSSR count). The van der Waals surface area contributed by atoms with Crippen LogP contribution in [0.5, 0.6) is 0 Å². The van der Waals surface area contributed by atoms with Crippen LogP contribution in [-0.2, 0) is 4.84 Å². The Labute approximate surface area is 124 Å². The Hall–Kier alpha value is -1.95. The van der Waals surface area contributed by atoms with Crippen molar-refractivity contribution in [3.8, 4) is 0 Å². The van der Waals surface area contributed by atoms with Gasteiger partial charge in [-0.2, -0.15) is 5.10 Å². The normalized spacial score (nSPS) is 11.6. The number of hydroxylamine groups is 2. The molecule has 2 heterocycles. The van der Waals surface area contributed by atoms with E-state index in [1.54, 1.807) is 13.2 Å². The second kappa shape index (κ2) is 5.81. The van der Waals surface area contributed by atoms with Crippen LogP contribution in [0.1, 0.15) is 55.7 Å². The van der Waals surface area contributed by atoms with Crippen LogP contribution in [0, 0.1) is 0 Å². The molecular weight excluding hydrogens is 268 g/mol. The van der Waals surface area contributed by atoms with Gasteiger partial charge in [0.1, 0.15) is 0 Å². The van der Waals surface area contributed by atoms with Gasteiger partial charge in [0.25, 0.3) is 5.91 Å². The second-order valence-electron chi connectivity index (χ2n) is 5.65. The zero-order chi connectivity index (χ0) is 15.7. The highest BCUT2D eigenvalue weighted by Crippen LogP contribution is 2.25. The Morgan fingerprint density at radius 3 is 2.52 bits per heavy atom. The zero-order valence-corrected chi connectivity index (χ0v) is 13.4. The third kappa shape index (κ3) is 2.76. The van der Waals surface area contributed by atoms with Crippen molar-refractivity contribution in [2.24, 2.45) is 0 Å². The predicted octanol–water partition coefficient (Wildman–Crippen LogP) is 2.77. The Balaban J connectivity index is 2.71. The van der Waals surface area contributed by atoms with Crippen molar-refractivity contribution in [3.63, 3.8) is 0 Å². The maximum atomic E-state index is 12.5. The monoisotopic (exact) mass is 290 g/mol. The van der Waals surface area contributed by atoms with Crippen LogP contribution in [0.2, 0.25) is 0 Å². The minimum Gasteiger partial charge on any atom is -0.274 e. The Bertz CT molecular complexity index is 661. The Kier molecular flexibility index (Phi) is 4.27. The first kappa shape index (κ1) is 15.4. The Morgan fingerprint density at radius 2 is 2.00 bits per heavy atom. The first-order valence-electron chi connectivity index (χ1n) is 7.07. The van der Waals surface area contributed by atoms with E-state index in [-0.39, 0.29) is 17.9 Å². The van der Waals surface area contributed by atoms with Gasteiger partial charge >= 0.3 is 0 Å². The van der Waals surface area contributed by atoms with Crippen LogP contribution in [-0.4, -0.2) is 39.9 Å². The van der Waals surface area contributed by atoms with Gasteiger partial charge in [-0.25, -0.2) is 14.7 Å². The average Bonchev–Trinajstić information content (AvgIpc) is 2.88. The van der Waals surface area contributed by atoms with Crippen molar-refractivity contribution in [2.45, 2.75) is 39.7 Å².